The highest BCUT2D eigenvalue weighted by Crippen LogP contribution is 2.24. The van der Waals surface area contributed by atoms with Crippen molar-refractivity contribution < 1.29 is 4.39 Å². The number of nitrogens with zero attached hydrogens (tertiary/aromatic N) is 2. The molecule has 0 fully saturated rings. The maximum Gasteiger partial charge on any atom is 0.142 e. The molecule has 0 aliphatic carbocycles. The van der Waals surface area contributed by atoms with E-state index in [2.05, 4.69) is 16.9 Å². The number of aryl methyl sites for hydroxylation is 1. The number of hydrogen-bond donors (Lipinski definition) is 0. The lowest BCUT2D eigenvalue weighted by atomic mass is 10.3. The molecule has 0 saturated carbocycles. The lowest BCUT2D eigenvalue weighted by Gasteiger charge is -1.94. The predicted molar refractivity (Wildman–Crippen MR) is 54.7 cm³/mol. The second-order valence-corrected chi connectivity index (χ2v) is 3.99. The van der Waals surface area contributed by atoms with Crippen LogP contribution in [0.2, 0.25) is 0 Å². The monoisotopic (exact) mass is 208 g/mol. The molecule has 0 unspecified atom stereocenters. The molecule has 2 heterocycles. The van der Waals surface area contributed by atoms with Crippen LogP contribution in [0.4, 0.5) is 4.39 Å². The molecular formula is C10H9FN2S. The molecule has 0 bridgehead atoms. The molecule has 4 heteroatoms. The zero-order valence-corrected chi connectivity index (χ0v) is 8.51. The fourth-order valence-electron chi connectivity index (χ4n) is 1.13. The normalized spacial score (nSPS) is 10.4. The fraction of sp³-hybridized carbons (Fsp3) is 0.200. The minimum Gasteiger partial charge on any atom is -0.261 e. The van der Waals surface area contributed by atoms with Crippen LogP contribution in [0.1, 0.15) is 11.8 Å². The highest BCUT2D eigenvalue weighted by molar-refractivity contribution is 7.15. The summed E-state index contributed by atoms with van der Waals surface area (Å²) in [4.78, 5) is 9.20. The maximum absolute atomic E-state index is 12.9. The van der Waals surface area contributed by atoms with E-state index >= 15 is 0 Å². The van der Waals surface area contributed by atoms with Crippen molar-refractivity contribution in [3.8, 4) is 10.6 Å². The second kappa shape index (κ2) is 3.84. The van der Waals surface area contributed by atoms with Gasteiger partial charge in [-0.1, -0.05) is 6.92 Å². The van der Waals surface area contributed by atoms with Gasteiger partial charge in [0.15, 0.2) is 0 Å². The molecule has 0 aliphatic rings. The van der Waals surface area contributed by atoms with Gasteiger partial charge in [0.2, 0.25) is 0 Å². The van der Waals surface area contributed by atoms with E-state index in [1.165, 1.54) is 17.1 Å². The molecule has 0 atom stereocenters. The Hall–Kier alpha value is -1.29. The fourth-order valence-corrected chi connectivity index (χ4v) is 1.97. The third-order valence-electron chi connectivity index (χ3n) is 1.85. The van der Waals surface area contributed by atoms with E-state index in [0.717, 1.165) is 17.0 Å². The van der Waals surface area contributed by atoms with E-state index in [1.807, 2.05) is 6.20 Å². The first-order chi connectivity index (χ1) is 6.79. The summed E-state index contributed by atoms with van der Waals surface area (Å²) in [6, 6.07) is 1.45. The van der Waals surface area contributed by atoms with E-state index in [4.69, 9.17) is 0 Å². The topological polar surface area (TPSA) is 25.8 Å². The Bertz CT molecular complexity index is 439. The smallest absolute Gasteiger partial charge is 0.142 e. The van der Waals surface area contributed by atoms with Crippen LogP contribution >= 0.6 is 11.3 Å². The molecule has 2 nitrogen and oxygen atoms in total. The van der Waals surface area contributed by atoms with Gasteiger partial charge in [-0.15, -0.1) is 11.3 Å². The van der Waals surface area contributed by atoms with Crippen LogP contribution in [0.5, 0.6) is 0 Å². The first kappa shape index (κ1) is 9.27. The van der Waals surface area contributed by atoms with Gasteiger partial charge in [0.1, 0.15) is 10.8 Å². The van der Waals surface area contributed by atoms with E-state index in [9.17, 15) is 4.39 Å². The van der Waals surface area contributed by atoms with Gasteiger partial charge in [0, 0.05) is 22.8 Å². The van der Waals surface area contributed by atoms with Crippen LogP contribution in [0.25, 0.3) is 10.6 Å². The molecule has 0 aliphatic heterocycles. The summed E-state index contributed by atoms with van der Waals surface area (Å²) in [7, 11) is 0. The van der Waals surface area contributed by atoms with Crippen LogP contribution in [-0.2, 0) is 6.42 Å². The summed E-state index contributed by atoms with van der Waals surface area (Å²) in [5.41, 5.74) is 0.745. The maximum atomic E-state index is 12.9. The van der Waals surface area contributed by atoms with Crippen LogP contribution in [0.15, 0.2) is 24.7 Å². The van der Waals surface area contributed by atoms with Crippen molar-refractivity contribution in [2.45, 2.75) is 13.3 Å². The predicted octanol–water partition coefficient (Wildman–Crippen LogP) is 2.91. The molecule has 72 valence electrons. The van der Waals surface area contributed by atoms with Crippen LogP contribution in [0, 0.1) is 5.82 Å². The van der Waals surface area contributed by atoms with E-state index in [-0.39, 0.29) is 5.82 Å². The van der Waals surface area contributed by atoms with Crippen molar-refractivity contribution in [3.63, 3.8) is 0 Å². The molecule has 0 amide bonds. The summed E-state index contributed by atoms with van der Waals surface area (Å²) < 4.78 is 12.9. The first-order valence-electron chi connectivity index (χ1n) is 4.35. The Morgan fingerprint density at radius 1 is 1.36 bits per heavy atom. The Morgan fingerprint density at radius 2 is 2.21 bits per heavy atom. The van der Waals surface area contributed by atoms with Gasteiger partial charge in [-0.2, -0.15) is 0 Å². The number of rotatable bonds is 2. The molecule has 2 rings (SSSR count). The first-order valence-corrected chi connectivity index (χ1v) is 5.17. The van der Waals surface area contributed by atoms with E-state index in [0.29, 0.717) is 0 Å². The zero-order valence-electron chi connectivity index (χ0n) is 7.70. The molecule has 14 heavy (non-hydrogen) atoms. The highest BCUT2D eigenvalue weighted by Gasteiger charge is 2.04. The van der Waals surface area contributed by atoms with Crippen molar-refractivity contribution in [1.29, 1.82) is 0 Å². The van der Waals surface area contributed by atoms with E-state index in [1.54, 1.807) is 17.5 Å². The van der Waals surface area contributed by atoms with Crippen LogP contribution in [0.3, 0.4) is 0 Å². The van der Waals surface area contributed by atoms with Crippen molar-refractivity contribution in [1.82, 2.24) is 9.97 Å². The number of thiazole rings is 1. The minimum atomic E-state index is -0.323. The van der Waals surface area contributed by atoms with Gasteiger partial charge >= 0.3 is 0 Å². The largest absolute Gasteiger partial charge is 0.261 e. The number of aromatic nitrogens is 2. The van der Waals surface area contributed by atoms with Crippen LogP contribution in [-0.4, -0.2) is 9.97 Å². The van der Waals surface area contributed by atoms with Gasteiger partial charge in [0.25, 0.3) is 0 Å². The number of hydrogen-bond acceptors (Lipinski definition) is 3. The SMILES string of the molecule is CCc1cnc(-c2cncc(F)c2)s1. The van der Waals surface area contributed by atoms with E-state index < -0.39 is 0 Å². The molecule has 2 aromatic heterocycles. The lowest BCUT2D eigenvalue weighted by molar-refractivity contribution is 0.622. The number of pyridine rings is 1. The molecule has 0 spiro atoms. The van der Waals surface area contributed by atoms with Gasteiger partial charge in [0.05, 0.1) is 6.20 Å². The lowest BCUT2D eigenvalue weighted by Crippen LogP contribution is -1.81. The summed E-state index contributed by atoms with van der Waals surface area (Å²) >= 11 is 1.58. The average molecular weight is 208 g/mol. The van der Waals surface area contributed by atoms with Gasteiger partial charge in [-0.05, 0) is 12.5 Å². The second-order valence-electron chi connectivity index (χ2n) is 2.88. The molecule has 2 aromatic rings. The Labute approximate surface area is 85.5 Å². The highest BCUT2D eigenvalue weighted by atomic mass is 32.1. The summed E-state index contributed by atoms with van der Waals surface area (Å²) in [5, 5.41) is 0.828. The minimum absolute atomic E-state index is 0.323. The van der Waals surface area contributed by atoms with Gasteiger partial charge in [-0.25, -0.2) is 9.37 Å². The van der Waals surface area contributed by atoms with Crippen molar-refractivity contribution >= 4 is 11.3 Å². The molecule has 0 aromatic carbocycles. The molecular weight excluding hydrogens is 199 g/mol. The summed E-state index contributed by atoms with van der Waals surface area (Å²) in [6.45, 7) is 2.07. The average Bonchev–Trinajstić information content (AvgIpc) is 2.66. The standard InChI is InChI=1S/C10H9FN2S/c1-2-9-6-13-10(14-9)7-3-8(11)5-12-4-7/h3-6H,2H2,1H3. The zero-order chi connectivity index (χ0) is 9.97. The quantitative estimate of drug-likeness (QED) is 0.758. The Morgan fingerprint density at radius 3 is 2.86 bits per heavy atom. The molecule has 0 saturated heterocycles. The van der Waals surface area contributed by atoms with Crippen molar-refractivity contribution in [3.05, 3.63) is 35.4 Å². The van der Waals surface area contributed by atoms with Crippen LogP contribution < -0.4 is 0 Å². The molecule has 0 N–H and O–H groups in total. The summed E-state index contributed by atoms with van der Waals surface area (Å²) in [5.74, 6) is -0.323. The Balaban J connectivity index is 2.39. The molecule has 0 radical (unpaired) electrons. The van der Waals surface area contributed by atoms with Gasteiger partial charge < -0.3 is 0 Å². The number of halogens is 1. The third kappa shape index (κ3) is 1.80. The Kier molecular flexibility index (Phi) is 2.54. The van der Waals surface area contributed by atoms with Crippen molar-refractivity contribution in [2.24, 2.45) is 0 Å². The van der Waals surface area contributed by atoms with Crippen molar-refractivity contribution in [2.75, 3.05) is 0 Å². The third-order valence-corrected chi connectivity index (χ3v) is 3.04. The summed E-state index contributed by atoms with van der Waals surface area (Å²) in [6.07, 6.45) is 5.60. The van der Waals surface area contributed by atoms with Gasteiger partial charge in [-0.3, -0.25) is 4.98 Å².